The van der Waals surface area contributed by atoms with E-state index >= 15 is 0 Å². The third-order valence-electron chi connectivity index (χ3n) is 4.00. The largest absolute Gasteiger partial charge is 0.472 e. The molecule has 7 nitrogen and oxygen atoms in total. The van der Waals surface area contributed by atoms with Crippen LogP contribution in [0.3, 0.4) is 0 Å². The minimum absolute atomic E-state index is 0.0922. The highest BCUT2D eigenvalue weighted by molar-refractivity contribution is 7.89. The lowest BCUT2D eigenvalue weighted by Gasteiger charge is -2.34. The fourth-order valence-electron chi connectivity index (χ4n) is 2.61. The van der Waals surface area contributed by atoms with E-state index in [1.54, 1.807) is 41.7 Å². The van der Waals surface area contributed by atoms with Crippen molar-refractivity contribution < 1.29 is 17.6 Å². The standard InChI is InChI=1S/C16H18ClN3O4S/c17-14-3-1-2-4-15(14)25(22,23)20-8-6-19(7-9-20)16(21)18-11-13-5-10-24-12-13/h1-5,10,12H,6-9,11H2,(H,18,21). The molecule has 1 aromatic heterocycles. The van der Waals surface area contributed by atoms with Gasteiger partial charge < -0.3 is 14.6 Å². The number of hydrogen-bond donors (Lipinski definition) is 1. The highest BCUT2D eigenvalue weighted by Gasteiger charge is 2.31. The van der Waals surface area contributed by atoms with Gasteiger partial charge in [-0.15, -0.1) is 0 Å². The molecule has 1 aliphatic heterocycles. The van der Waals surface area contributed by atoms with E-state index in [0.29, 0.717) is 19.6 Å². The number of rotatable bonds is 4. The minimum Gasteiger partial charge on any atom is -0.472 e. The second-order valence-corrected chi connectivity index (χ2v) is 7.93. The maximum Gasteiger partial charge on any atom is 0.317 e. The smallest absolute Gasteiger partial charge is 0.317 e. The van der Waals surface area contributed by atoms with Gasteiger partial charge in [0.2, 0.25) is 10.0 Å². The minimum atomic E-state index is -3.66. The van der Waals surface area contributed by atoms with Gasteiger partial charge in [-0.1, -0.05) is 23.7 Å². The van der Waals surface area contributed by atoms with Crippen LogP contribution < -0.4 is 5.32 Å². The molecule has 2 amide bonds. The molecule has 0 atom stereocenters. The Labute approximate surface area is 151 Å². The number of piperazine rings is 1. The number of carbonyl (C=O) groups excluding carboxylic acids is 1. The van der Waals surface area contributed by atoms with Crippen LogP contribution in [0.25, 0.3) is 0 Å². The molecule has 0 saturated carbocycles. The summed E-state index contributed by atoms with van der Waals surface area (Å²) in [5.41, 5.74) is 0.869. The molecule has 2 heterocycles. The zero-order valence-electron chi connectivity index (χ0n) is 13.4. The predicted molar refractivity (Wildman–Crippen MR) is 92.7 cm³/mol. The SMILES string of the molecule is O=C(NCc1ccoc1)N1CCN(S(=O)(=O)c2ccccc2Cl)CC1. The molecule has 25 heavy (non-hydrogen) atoms. The molecule has 2 aromatic rings. The zero-order valence-corrected chi connectivity index (χ0v) is 15.0. The van der Waals surface area contributed by atoms with Gasteiger partial charge in [0.05, 0.1) is 17.5 Å². The van der Waals surface area contributed by atoms with Crippen molar-refractivity contribution in [3.63, 3.8) is 0 Å². The van der Waals surface area contributed by atoms with Crippen molar-refractivity contribution in [3.8, 4) is 0 Å². The second-order valence-electron chi connectivity index (χ2n) is 5.61. The van der Waals surface area contributed by atoms with Crippen molar-refractivity contribution in [1.82, 2.24) is 14.5 Å². The van der Waals surface area contributed by atoms with Crippen LogP contribution in [-0.4, -0.2) is 49.8 Å². The number of urea groups is 1. The molecule has 0 aliphatic carbocycles. The lowest BCUT2D eigenvalue weighted by atomic mass is 10.3. The van der Waals surface area contributed by atoms with Crippen molar-refractivity contribution in [2.24, 2.45) is 0 Å². The normalized spacial score (nSPS) is 16.0. The Balaban J connectivity index is 1.58. The van der Waals surface area contributed by atoms with Gasteiger partial charge in [-0.25, -0.2) is 13.2 Å². The molecular weight excluding hydrogens is 366 g/mol. The van der Waals surface area contributed by atoms with Crippen LogP contribution in [0, 0.1) is 0 Å². The summed E-state index contributed by atoms with van der Waals surface area (Å²) in [6.45, 7) is 1.47. The van der Waals surface area contributed by atoms with Gasteiger partial charge in [0.15, 0.2) is 0 Å². The van der Waals surface area contributed by atoms with E-state index in [9.17, 15) is 13.2 Å². The Morgan fingerprint density at radius 1 is 1.16 bits per heavy atom. The van der Waals surface area contributed by atoms with Crippen molar-refractivity contribution in [3.05, 3.63) is 53.4 Å². The van der Waals surface area contributed by atoms with Gasteiger partial charge in [-0.2, -0.15) is 4.31 Å². The van der Waals surface area contributed by atoms with Crippen LogP contribution in [-0.2, 0) is 16.6 Å². The van der Waals surface area contributed by atoms with E-state index in [2.05, 4.69) is 5.32 Å². The summed E-state index contributed by atoms with van der Waals surface area (Å²) in [4.78, 5) is 13.9. The second kappa shape index (κ2) is 7.47. The van der Waals surface area contributed by atoms with E-state index < -0.39 is 10.0 Å². The van der Waals surface area contributed by atoms with Gasteiger partial charge in [0, 0.05) is 38.3 Å². The molecule has 3 rings (SSSR count). The lowest BCUT2D eigenvalue weighted by Crippen LogP contribution is -2.52. The maximum absolute atomic E-state index is 12.7. The van der Waals surface area contributed by atoms with Gasteiger partial charge >= 0.3 is 6.03 Å². The number of benzene rings is 1. The van der Waals surface area contributed by atoms with Crippen molar-refractivity contribution >= 4 is 27.7 Å². The van der Waals surface area contributed by atoms with Crippen LogP contribution in [0.1, 0.15) is 5.56 Å². The fourth-order valence-corrected chi connectivity index (χ4v) is 4.52. The molecule has 1 aliphatic rings. The molecule has 1 aromatic carbocycles. The number of carbonyl (C=O) groups is 1. The number of furan rings is 1. The Hall–Kier alpha value is -2.03. The number of amides is 2. The fraction of sp³-hybridized carbons (Fsp3) is 0.312. The van der Waals surface area contributed by atoms with Crippen molar-refractivity contribution in [2.45, 2.75) is 11.4 Å². The molecule has 0 bridgehead atoms. The van der Waals surface area contributed by atoms with Crippen LogP contribution in [0.15, 0.2) is 52.2 Å². The first-order valence-corrected chi connectivity index (χ1v) is 9.59. The maximum atomic E-state index is 12.7. The van der Waals surface area contributed by atoms with E-state index in [-0.39, 0.29) is 29.0 Å². The summed E-state index contributed by atoms with van der Waals surface area (Å²) >= 11 is 6.01. The number of halogens is 1. The van der Waals surface area contributed by atoms with Crippen molar-refractivity contribution in [1.29, 1.82) is 0 Å². The highest BCUT2D eigenvalue weighted by atomic mass is 35.5. The van der Waals surface area contributed by atoms with E-state index in [0.717, 1.165) is 5.56 Å². The summed E-state index contributed by atoms with van der Waals surface area (Å²) in [7, 11) is -3.66. The van der Waals surface area contributed by atoms with E-state index in [1.165, 1.54) is 10.4 Å². The van der Waals surface area contributed by atoms with Crippen molar-refractivity contribution in [2.75, 3.05) is 26.2 Å². The topological polar surface area (TPSA) is 82.9 Å². The summed E-state index contributed by atoms with van der Waals surface area (Å²) in [5, 5.41) is 2.98. The molecule has 1 fully saturated rings. The first kappa shape index (κ1) is 17.8. The Morgan fingerprint density at radius 3 is 2.52 bits per heavy atom. The molecule has 1 N–H and O–H groups in total. The summed E-state index contributed by atoms with van der Waals surface area (Å²) in [5.74, 6) is 0. The number of sulfonamides is 1. The van der Waals surface area contributed by atoms with Crippen LogP contribution in [0.4, 0.5) is 4.79 Å². The highest BCUT2D eigenvalue weighted by Crippen LogP contribution is 2.24. The molecule has 1 saturated heterocycles. The molecular formula is C16H18ClN3O4S. The molecule has 9 heteroatoms. The zero-order chi connectivity index (χ0) is 17.9. The van der Waals surface area contributed by atoms with Crippen LogP contribution in [0.2, 0.25) is 5.02 Å². The Morgan fingerprint density at radius 2 is 1.88 bits per heavy atom. The number of nitrogens with zero attached hydrogens (tertiary/aromatic N) is 2. The van der Waals surface area contributed by atoms with Crippen LogP contribution in [0.5, 0.6) is 0 Å². The number of hydrogen-bond acceptors (Lipinski definition) is 4. The quantitative estimate of drug-likeness (QED) is 0.876. The first-order valence-electron chi connectivity index (χ1n) is 7.77. The van der Waals surface area contributed by atoms with E-state index in [1.807, 2.05) is 0 Å². The monoisotopic (exact) mass is 383 g/mol. The van der Waals surface area contributed by atoms with Gasteiger partial charge in [0.25, 0.3) is 0 Å². The van der Waals surface area contributed by atoms with Gasteiger partial charge in [0.1, 0.15) is 4.90 Å². The molecule has 0 spiro atoms. The molecule has 134 valence electrons. The average molecular weight is 384 g/mol. The molecule has 0 radical (unpaired) electrons. The van der Waals surface area contributed by atoms with Gasteiger partial charge in [-0.05, 0) is 18.2 Å². The predicted octanol–water partition coefficient (Wildman–Crippen LogP) is 2.15. The first-order chi connectivity index (χ1) is 12.0. The van der Waals surface area contributed by atoms with Gasteiger partial charge in [-0.3, -0.25) is 0 Å². The average Bonchev–Trinajstić information content (AvgIpc) is 3.13. The van der Waals surface area contributed by atoms with Crippen LogP contribution >= 0.6 is 11.6 Å². The Kier molecular flexibility index (Phi) is 5.31. The molecule has 0 unspecified atom stereocenters. The third-order valence-corrected chi connectivity index (χ3v) is 6.40. The van der Waals surface area contributed by atoms with E-state index in [4.69, 9.17) is 16.0 Å². The summed E-state index contributed by atoms with van der Waals surface area (Å²) in [6.07, 6.45) is 3.11. The summed E-state index contributed by atoms with van der Waals surface area (Å²) < 4.78 is 31.7. The summed E-state index contributed by atoms with van der Waals surface area (Å²) in [6, 6.07) is 7.91. The Bertz CT molecular complexity index is 831. The number of nitrogens with one attached hydrogen (secondary N) is 1. The lowest BCUT2D eigenvalue weighted by molar-refractivity contribution is 0.172. The third kappa shape index (κ3) is 3.97.